The summed E-state index contributed by atoms with van der Waals surface area (Å²) in [5, 5.41) is 10.4. The highest BCUT2D eigenvalue weighted by Gasteiger charge is 2.34. The molecule has 5 nitrogen and oxygen atoms in total. The smallest absolute Gasteiger partial charge is 0.317 e. The van der Waals surface area contributed by atoms with E-state index in [-0.39, 0.29) is 23.3 Å². The predicted molar refractivity (Wildman–Crippen MR) is 64.5 cm³/mol. The van der Waals surface area contributed by atoms with Crippen molar-refractivity contribution in [2.24, 2.45) is 11.1 Å². The van der Waals surface area contributed by atoms with Crippen LogP contribution in [-0.2, 0) is 0 Å². The summed E-state index contributed by atoms with van der Waals surface area (Å²) in [4.78, 5) is 13.5. The fourth-order valence-corrected chi connectivity index (χ4v) is 1.81. The van der Waals surface area contributed by atoms with Gasteiger partial charge in [-0.2, -0.15) is 0 Å². The fourth-order valence-electron chi connectivity index (χ4n) is 1.81. The van der Waals surface area contributed by atoms with E-state index in [9.17, 15) is 4.79 Å². The van der Waals surface area contributed by atoms with Crippen LogP contribution in [0, 0.1) is 10.8 Å². The minimum atomic E-state index is -0.228. The third-order valence-corrected chi connectivity index (χ3v) is 3.22. The molecule has 0 aromatic heterocycles. The molecule has 1 aliphatic heterocycles. The number of nitrogens with one attached hydrogen (secondary N) is 2. The van der Waals surface area contributed by atoms with E-state index in [4.69, 9.17) is 11.1 Å². The molecule has 2 amide bonds. The second-order valence-electron chi connectivity index (χ2n) is 5.07. The second-order valence-corrected chi connectivity index (χ2v) is 5.07. The van der Waals surface area contributed by atoms with Gasteiger partial charge in [0, 0.05) is 24.5 Å². The van der Waals surface area contributed by atoms with E-state index in [1.807, 2.05) is 20.8 Å². The van der Waals surface area contributed by atoms with E-state index in [2.05, 4.69) is 5.32 Å². The topological polar surface area (TPSA) is 82.2 Å². The summed E-state index contributed by atoms with van der Waals surface area (Å²) in [5.74, 6) is 0.233. The Bertz CT molecular complexity index is 280. The van der Waals surface area contributed by atoms with Crippen molar-refractivity contribution in [3.05, 3.63) is 0 Å². The number of urea groups is 1. The van der Waals surface area contributed by atoms with E-state index < -0.39 is 0 Å². The zero-order valence-electron chi connectivity index (χ0n) is 10.3. The molecule has 1 saturated heterocycles. The lowest BCUT2D eigenvalue weighted by Gasteiger charge is -2.38. The summed E-state index contributed by atoms with van der Waals surface area (Å²) in [5.41, 5.74) is 5.34. The molecule has 0 radical (unpaired) electrons. The molecule has 1 aliphatic rings. The standard InChI is InChI=1S/C11H22N4O/c1-8(2)14-10(16)15-6-4-11(3,5-7-15)9(12)13/h8H,4-7H2,1-3H3,(H3,12,13)(H,14,16). The molecule has 0 unspecified atom stereocenters. The fraction of sp³-hybridized carbons (Fsp3) is 0.818. The van der Waals surface area contributed by atoms with Crippen LogP contribution in [0.4, 0.5) is 4.79 Å². The molecule has 0 atom stereocenters. The zero-order valence-corrected chi connectivity index (χ0v) is 10.3. The van der Waals surface area contributed by atoms with Gasteiger partial charge in [-0.1, -0.05) is 6.92 Å². The van der Waals surface area contributed by atoms with Crippen LogP contribution in [0.2, 0.25) is 0 Å². The number of hydrogen-bond acceptors (Lipinski definition) is 2. The van der Waals surface area contributed by atoms with Crippen LogP contribution in [0.3, 0.4) is 0 Å². The van der Waals surface area contributed by atoms with Gasteiger partial charge in [-0.25, -0.2) is 4.79 Å². The molecule has 1 rings (SSSR count). The maximum absolute atomic E-state index is 11.7. The first-order chi connectivity index (χ1) is 7.35. The van der Waals surface area contributed by atoms with Gasteiger partial charge < -0.3 is 16.0 Å². The molecule has 0 spiro atoms. The first-order valence-corrected chi connectivity index (χ1v) is 5.75. The van der Waals surface area contributed by atoms with E-state index >= 15 is 0 Å². The highest BCUT2D eigenvalue weighted by atomic mass is 16.2. The number of nitrogens with zero attached hydrogens (tertiary/aromatic N) is 1. The molecule has 1 fully saturated rings. The lowest BCUT2D eigenvalue weighted by molar-refractivity contribution is 0.157. The van der Waals surface area contributed by atoms with Gasteiger partial charge in [0.1, 0.15) is 0 Å². The molecule has 1 heterocycles. The van der Waals surface area contributed by atoms with Gasteiger partial charge >= 0.3 is 6.03 Å². The minimum Gasteiger partial charge on any atom is -0.387 e. The van der Waals surface area contributed by atoms with Crippen molar-refractivity contribution in [3.8, 4) is 0 Å². The third kappa shape index (κ3) is 2.87. The van der Waals surface area contributed by atoms with Gasteiger partial charge in [-0.15, -0.1) is 0 Å². The minimum absolute atomic E-state index is 0.0133. The van der Waals surface area contributed by atoms with Crippen molar-refractivity contribution in [1.82, 2.24) is 10.2 Å². The number of piperidine rings is 1. The molecule has 0 aromatic rings. The Morgan fingerprint density at radius 1 is 1.44 bits per heavy atom. The maximum atomic E-state index is 11.7. The van der Waals surface area contributed by atoms with Gasteiger partial charge in [-0.05, 0) is 26.7 Å². The predicted octanol–water partition coefficient (Wildman–Crippen LogP) is 1.14. The Morgan fingerprint density at radius 3 is 2.31 bits per heavy atom. The summed E-state index contributed by atoms with van der Waals surface area (Å²) in [6, 6.07) is 0.147. The average molecular weight is 226 g/mol. The second kappa shape index (κ2) is 4.72. The Hall–Kier alpha value is -1.26. The number of carbonyl (C=O) groups excluding carboxylic acids is 1. The summed E-state index contributed by atoms with van der Waals surface area (Å²) in [6.07, 6.45) is 1.54. The van der Waals surface area contributed by atoms with Crippen LogP contribution in [-0.4, -0.2) is 35.9 Å². The summed E-state index contributed by atoms with van der Waals surface area (Å²) in [7, 11) is 0. The third-order valence-electron chi connectivity index (χ3n) is 3.22. The average Bonchev–Trinajstić information content (AvgIpc) is 2.17. The molecule has 0 aromatic carbocycles. The first kappa shape index (κ1) is 12.8. The Labute approximate surface area is 96.9 Å². The lowest BCUT2D eigenvalue weighted by Crippen LogP contribution is -2.51. The monoisotopic (exact) mass is 226 g/mol. The normalized spacial score (nSPS) is 19.6. The van der Waals surface area contributed by atoms with E-state index in [1.165, 1.54) is 0 Å². The number of rotatable bonds is 2. The molecular formula is C11H22N4O. The summed E-state index contributed by atoms with van der Waals surface area (Å²) < 4.78 is 0. The van der Waals surface area contributed by atoms with Gasteiger partial charge in [0.25, 0.3) is 0 Å². The summed E-state index contributed by atoms with van der Waals surface area (Å²) in [6.45, 7) is 7.24. The van der Waals surface area contributed by atoms with Crippen molar-refractivity contribution < 1.29 is 4.79 Å². The molecule has 5 heteroatoms. The Morgan fingerprint density at radius 2 is 1.94 bits per heavy atom. The molecule has 0 aliphatic carbocycles. The van der Waals surface area contributed by atoms with Gasteiger partial charge in [0.05, 0.1) is 5.84 Å². The highest BCUT2D eigenvalue weighted by Crippen LogP contribution is 2.30. The van der Waals surface area contributed by atoms with Crippen molar-refractivity contribution in [2.45, 2.75) is 39.7 Å². The van der Waals surface area contributed by atoms with E-state index in [1.54, 1.807) is 4.90 Å². The van der Waals surface area contributed by atoms with Gasteiger partial charge in [-0.3, -0.25) is 5.41 Å². The lowest BCUT2D eigenvalue weighted by atomic mass is 9.79. The van der Waals surface area contributed by atoms with Gasteiger partial charge in [0.15, 0.2) is 0 Å². The van der Waals surface area contributed by atoms with Crippen LogP contribution in [0.25, 0.3) is 0 Å². The number of amides is 2. The Balaban J connectivity index is 2.49. The number of nitrogens with two attached hydrogens (primary N) is 1. The molecule has 4 N–H and O–H groups in total. The maximum Gasteiger partial charge on any atom is 0.317 e. The molecule has 0 saturated carbocycles. The molecule has 0 bridgehead atoms. The van der Waals surface area contributed by atoms with Crippen LogP contribution < -0.4 is 11.1 Å². The van der Waals surface area contributed by atoms with E-state index in [0.717, 1.165) is 12.8 Å². The van der Waals surface area contributed by atoms with Crippen LogP contribution in [0.1, 0.15) is 33.6 Å². The van der Waals surface area contributed by atoms with Crippen molar-refractivity contribution in [2.75, 3.05) is 13.1 Å². The Kier molecular flexibility index (Phi) is 3.78. The van der Waals surface area contributed by atoms with Crippen molar-refractivity contribution in [3.63, 3.8) is 0 Å². The van der Waals surface area contributed by atoms with E-state index in [0.29, 0.717) is 13.1 Å². The number of likely N-dealkylation sites (tertiary alicyclic amines) is 1. The van der Waals surface area contributed by atoms with Crippen molar-refractivity contribution in [1.29, 1.82) is 5.41 Å². The van der Waals surface area contributed by atoms with Crippen LogP contribution in [0.15, 0.2) is 0 Å². The van der Waals surface area contributed by atoms with Crippen molar-refractivity contribution >= 4 is 11.9 Å². The number of amidine groups is 1. The van der Waals surface area contributed by atoms with Crippen LogP contribution in [0.5, 0.6) is 0 Å². The summed E-state index contributed by atoms with van der Waals surface area (Å²) >= 11 is 0. The quantitative estimate of drug-likeness (QED) is 0.487. The largest absolute Gasteiger partial charge is 0.387 e. The number of hydrogen-bond donors (Lipinski definition) is 3. The highest BCUT2D eigenvalue weighted by molar-refractivity contribution is 5.83. The SMILES string of the molecule is CC(C)NC(=O)N1CCC(C)(C(=N)N)CC1. The zero-order chi connectivity index (χ0) is 12.3. The number of carbonyl (C=O) groups is 1. The van der Waals surface area contributed by atoms with Gasteiger partial charge in [0.2, 0.25) is 0 Å². The first-order valence-electron chi connectivity index (χ1n) is 5.75. The molecular weight excluding hydrogens is 204 g/mol. The van der Waals surface area contributed by atoms with Crippen LogP contribution >= 0.6 is 0 Å². The molecule has 16 heavy (non-hydrogen) atoms. The molecule has 92 valence electrons.